The zero-order chi connectivity index (χ0) is 28.4. The summed E-state index contributed by atoms with van der Waals surface area (Å²) in [6.45, 7) is 1.30. The van der Waals surface area contributed by atoms with Crippen LogP contribution in [0.3, 0.4) is 0 Å². The molecule has 4 rings (SSSR count). The highest BCUT2D eigenvalue weighted by Gasteiger charge is 2.22. The van der Waals surface area contributed by atoms with Gasteiger partial charge in [0.2, 0.25) is 0 Å². The minimum Gasteiger partial charge on any atom is -0.744 e. The van der Waals surface area contributed by atoms with Gasteiger partial charge in [0.25, 0.3) is 10.4 Å². The van der Waals surface area contributed by atoms with Gasteiger partial charge in [-0.3, -0.25) is 0 Å². The highest BCUT2D eigenvalue weighted by atomic mass is 32.3. The molecule has 0 atom stereocenters. The average Bonchev–Trinajstić information content (AvgIpc) is 3.18. The molecule has 0 unspecified atom stereocenters. The lowest BCUT2D eigenvalue weighted by atomic mass is 10.1. The number of methoxy groups -OCH3 is 1. The van der Waals surface area contributed by atoms with E-state index < -0.39 is 31.4 Å². The summed E-state index contributed by atoms with van der Waals surface area (Å²) >= 11 is 0. The number of carbonyl (C=O) groups is 1. The van der Waals surface area contributed by atoms with Crippen molar-refractivity contribution in [3.63, 3.8) is 0 Å². The molecule has 0 spiro atoms. The molecule has 1 aromatic heterocycles. The van der Waals surface area contributed by atoms with Crippen molar-refractivity contribution in [1.29, 1.82) is 0 Å². The number of hydrogen-bond donors (Lipinski definition) is 0. The summed E-state index contributed by atoms with van der Waals surface area (Å²) in [5.41, 5.74) is 1.27. The van der Waals surface area contributed by atoms with Gasteiger partial charge in [-0.05, 0) is 48.4 Å². The summed E-state index contributed by atoms with van der Waals surface area (Å²) in [5, 5.41) is 0.369. The normalized spacial score (nSPS) is 11.8. The smallest absolute Gasteiger partial charge is 0.342 e. The molecular formula is C25H20O12S2-2. The first-order valence-corrected chi connectivity index (χ1v) is 13.8. The number of furan rings is 1. The van der Waals surface area contributed by atoms with Crippen LogP contribution in [0, 0.1) is 6.92 Å². The van der Waals surface area contributed by atoms with Crippen LogP contribution in [-0.2, 0) is 38.5 Å². The minimum atomic E-state index is -4.97. The molecule has 39 heavy (non-hydrogen) atoms. The van der Waals surface area contributed by atoms with Crippen LogP contribution in [0.25, 0.3) is 11.0 Å². The third-order valence-electron chi connectivity index (χ3n) is 5.39. The molecule has 0 aliphatic heterocycles. The van der Waals surface area contributed by atoms with Gasteiger partial charge >= 0.3 is 5.97 Å². The quantitative estimate of drug-likeness (QED) is 0.153. The monoisotopic (exact) mass is 576 g/mol. The van der Waals surface area contributed by atoms with Crippen LogP contribution in [0.2, 0.25) is 0 Å². The standard InChI is InChI=1S/C25H22O12S2/c1-15-24(25(26)33-2)20-11-22(34-14-17-6-4-8-19(10-17)38(27,28)29)23(12-21(20)36-15)35-13-16-5-3-7-18(9-16)37-39(30,31)32/h3-12H,13-14H2,1-2H3,(H,27,28,29)(H,30,31,32)/p-2. The SMILES string of the molecule is COC(=O)c1c(C)oc2cc(OCc3cccc(OS(=O)(=O)[O-])c3)c(OCc3cccc(S(=O)(=O)[O-])c3)cc12. The van der Waals surface area contributed by atoms with Crippen molar-refractivity contribution in [1.82, 2.24) is 0 Å². The van der Waals surface area contributed by atoms with Crippen LogP contribution in [0.15, 0.2) is 70.0 Å². The van der Waals surface area contributed by atoms with Gasteiger partial charge in [-0.2, -0.15) is 0 Å². The van der Waals surface area contributed by atoms with Crippen LogP contribution >= 0.6 is 0 Å². The van der Waals surface area contributed by atoms with Gasteiger partial charge in [0.05, 0.1) is 12.0 Å². The fourth-order valence-corrected chi connectivity index (χ4v) is 4.61. The van der Waals surface area contributed by atoms with Crippen molar-refractivity contribution in [2.45, 2.75) is 25.0 Å². The molecule has 0 aliphatic carbocycles. The Balaban J connectivity index is 1.68. The van der Waals surface area contributed by atoms with Crippen molar-refractivity contribution in [3.8, 4) is 17.2 Å². The van der Waals surface area contributed by atoms with E-state index in [0.29, 0.717) is 16.5 Å². The summed E-state index contributed by atoms with van der Waals surface area (Å²) in [6.07, 6.45) is 0. The first-order valence-electron chi connectivity index (χ1n) is 11.0. The number of carbonyl (C=O) groups excluding carboxylic acids is 1. The molecule has 0 saturated carbocycles. The molecule has 0 radical (unpaired) electrons. The average molecular weight is 577 g/mol. The lowest BCUT2D eigenvalue weighted by Gasteiger charge is -2.15. The number of ether oxygens (including phenoxy) is 3. The Morgan fingerprint density at radius 3 is 2.10 bits per heavy atom. The van der Waals surface area contributed by atoms with Crippen molar-refractivity contribution < 1.29 is 53.5 Å². The molecular weight excluding hydrogens is 556 g/mol. The lowest BCUT2D eigenvalue weighted by molar-refractivity contribution is 0.0600. The molecule has 4 aromatic rings. The lowest BCUT2D eigenvalue weighted by Crippen LogP contribution is -2.07. The number of fused-ring (bicyclic) bond motifs is 1. The minimum absolute atomic E-state index is 0.120. The third kappa shape index (κ3) is 6.86. The fourth-order valence-electron chi connectivity index (χ4n) is 3.73. The molecule has 0 amide bonds. The molecule has 12 nitrogen and oxygen atoms in total. The number of aryl methyl sites for hydroxylation is 1. The van der Waals surface area contributed by atoms with Crippen molar-refractivity contribution in [2.24, 2.45) is 0 Å². The van der Waals surface area contributed by atoms with E-state index in [1.807, 2.05) is 0 Å². The molecule has 3 aromatic carbocycles. The van der Waals surface area contributed by atoms with Crippen LogP contribution in [0.5, 0.6) is 17.2 Å². The Labute approximate surface area is 223 Å². The molecule has 0 N–H and O–H groups in total. The zero-order valence-electron chi connectivity index (χ0n) is 20.4. The van der Waals surface area contributed by atoms with E-state index in [1.54, 1.807) is 19.1 Å². The molecule has 0 saturated heterocycles. The molecule has 1 heterocycles. The molecule has 0 fully saturated rings. The van der Waals surface area contributed by atoms with Crippen molar-refractivity contribution >= 4 is 37.5 Å². The predicted octanol–water partition coefficient (Wildman–Crippen LogP) is 3.43. The fraction of sp³-hybridized carbons (Fsp3) is 0.160. The highest BCUT2D eigenvalue weighted by molar-refractivity contribution is 7.85. The second-order valence-electron chi connectivity index (χ2n) is 8.14. The maximum atomic E-state index is 12.3. The Bertz CT molecular complexity index is 1760. The number of esters is 1. The number of benzene rings is 3. The van der Waals surface area contributed by atoms with E-state index >= 15 is 0 Å². The highest BCUT2D eigenvalue weighted by Crippen LogP contribution is 2.38. The summed E-state index contributed by atoms with van der Waals surface area (Å²) in [4.78, 5) is 11.9. The van der Waals surface area contributed by atoms with Gasteiger partial charge < -0.3 is 31.9 Å². The Morgan fingerprint density at radius 1 is 0.872 bits per heavy atom. The summed E-state index contributed by atoms with van der Waals surface area (Å²) in [7, 11) is -8.42. The van der Waals surface area contributed by atoms with Crippen LogP contribution in [-0.4, -0.2) is 39.0 Å². The maximum absolute atomic E-state index is 12.3. The maximum Gasteiger partial charge on any atom is 0.342 e. The molecule has 14 heteroatoms. The van der Waals surface area contributed by atoms with Gasteiger partial charge in [-0.25, -0.2) is 21.6 Å². The Morgan fingerprint density at radius 2 is 1.49 bits per heavy atom. The van der Waals surface area contributed by atoms with E-state index in [1.165, 1.54) is 55.6 Å². The first-order chi connectivity index (χ1) is 18.3. The molecule has 0 bridgehead atoms. The second-order valence-corrected chi connectivity index (χ2v) is 10.5. The summed E-state index contributed by atoms with van der Waals surface area (Å²) in [5.74, 6) is -0.252. The summed E-state index contributed by atoms with van der Waals surface area (Å²) in [6, 6.07) is 13.9. The van der Waals surface area contributed by atoms with Crippen LogP contribution < -0.4 is 13.7 Å². The topological polar surface area (TPSA) is 182 Å². The number of hydrogen-bond acceptors (Lipinski definition) is 12. The van der Waals surface area contributed by atoms with Gasteiger partial charge in [0.15, 0.2) is 11.5 Å². The Hall–Kier alpha value is -4.11. The summed E-state index contributed by atoms with van der Waals surface area (Å²) < 4.78 is 93.5. The number of rotatable bonds is 10. The van der Waals surface area contributed by atoms with Gasteiger partial charge in [-0.15, -0.1) is 0 Å². The van der Waals surface area contributed by atoms with Crippen molar-refractivity contribution in [3.05, 3.63) is 83.1 Å². The van der Waals surface area contributed by atoms with Gasteiger partial charge in [-0.1, -0.05) is 24.3 Å². The van der Waals surface area contributed by atoms with Crippen LogP contribution in [0.1, 0.15) is 27.2 Å². The zero-order valence-corrected chi connectivity index (χ0v) is 22.0. The third-order valence-corrected chi connectivity index (χ3v) is 6.62. The Kier molecular flexibility index (Phi) is 7.83. The molecule has 0 aliphatic rings. The van der Waals surface area contributed by atoms with E-state index in [0.717, 1.165) is 0 Å². The van der Waals surface area contributed by atoms with E-state index in [9.17, 15) is 30.7 Å². The van der Waals surface area contributed by atoms with Gasteiger partial charge in [0.1, 0.15) is 46.0 Å². The van der Waals surface area contributed by atoms with E-state index in [4.69, 9.17) is 18.6 Å². The van der Waals surface area contributed by atoms with Gasteiger partial charge in [0, 0.05) is 11.5 Å². The van der Waals surface area contributed by atoms with E-state index in [2.05, 4.69) is 4.18 Å². The first kappa shape index (κ1) is 27.9. The van der Waals surface area contributed by atoms with Crippen LogP contribution in [0.4, 0.5) is 0 Å². The largest absolute Gasteiger partial charge is 0.744 e. The van der Waals surface area contributed by atoms with Crippen molar-refractivity contribution in [2.75, 3.05) is 7.11 Å². The predicted molar refractivity (Wildman–Crippen MR) is 132 cm³/mol. The second kappa shape index (κ2) is 10.9. The van der Waals surface area contributed by atoms with E-state index in [-0.39, 0.29) is 47.4 Å². The molecule has 206 valence electrons.